The fraction of sp³-hybridized carbons (Fsp3) is 0.286. The van der Waals surface area contributed by atoms with Gasteiger partial charge in [0.2, 0.25) is 0 Å². The zero-order valence-electron chi connectivity index (χ0n) is 15.9. The van der Waals surface area contributed by atoms with E-state index in [4.69, 9.17) is 14.6 Å². The quantitative estimate of drug-likeness (QED) is 0.565. The first kappa shape index (κ1) is 21.7. The third-order valence-corrected chi connectivity index (χ3v) is 3.93. The van der Waals surface area contributed by atoms with Crippen molar-refractivity contribution < 1.29 is 29.0 Å². The number of ether oxygens (including phenoxy) is 2. The van der Waals surface area contributed by atoms with Crippen LogP contribution >= 0.6 is 0 Å². The average Bonchev–Trinajstić information content (AvgIpc) is 2.72. The summed E-state index contributed by atoms with van der Waals surface area (Å²) in [6.07, 6.45) is -1.41. The SMILES string of the molecule is O=C(O)C[C@H](CCNC(=O)OCc1ccccc1)NC(=O)OCc1ccccc1. The standard InChI is InChI=1S/C21H24N2O6/c24-19(25)13-18(23-21(27)29-15-17-9-5-2-6-10-17)11-12-22-20(26)28-14-16-7-3-1-4-8-16/h1-10,18H,11-15H2,(H,22,26)(H,23,27)(H,24,25)/t18-/m0/s1. The number of carbonyl (C=O) groups is 3. The van der Waals surface area contributed by atoms with Crippen LogP contribution in [-0.2, 0) is 27.5 Å². The van der Waals surface area contributed by atoms with Crippen molar-refractivity contribution in [3.05, 3.63) is 71.8 Å². The summed E-state index contributed by atoms with van der Waals surface area (Å²) in [5.41, 5.74) is 1.68. The molecule has 0 saturated heterocycles. The Morgan fingerprint density at radius 1 is 0.828 bits per heavy atom. The van der Waals surface area contributed by atoms with Crippen LogP contribution in [0.25, 0.3) is 0 Å². The first-order chi connectivity index (χ1) is 14.0. The van der Waals surface area contributed by atoms with Gasteiger partial charge >= 0.3 is 18.2 Å². The van der Waals surface area contributed by atoms with Gasteiger partial charge in [-0.1, -0.05) is 60.7 Å². The van der Waals surface area contributed by atoms with E-state index < -0.39 is 24.2 Å². The van der Waals surface area contributed by atoms with Gasteiger partial charge in [-0.05, 0) is 17.5 Å². The molecular weight excluding hydrogens is 376 g/mol. The molecule has 154 valence electrons. The largest absolute Gasteiger partial charge is 0.481 e. The lowest BCUT2D eigenvalue weighted by molar-refractivity contribution is -0.137. The second-order valence-corrected chi connectivity index (χ2v) is 6.28. The number of carbonyl (C=O) groups excluding carboxylic acids is 2. The van der Waals surface area contributed by atoms with Crippen molar-refractivity contribution >= 4 is 18.2 Å². The van der Waals surface area contributed by atoms with E-state index in [1.807, 2.05) is 60.7 Å². The molecule has 0 aliphatic heterocycles. The highest BCUT2D eigenvalue weighted by molar-refractivity contribution is 5.71. The molecule has 2 aromatic carbocycles. The smallest absolute Gasteiger partial charge is 0.407 e. The van der Waals surface area contributed by atoms with Crippen molar-refractivity contribution in [1.29, 1.82) is 0 Å². The van der Waals surface area contributed by atoms with E-state index in [0.29, 0.717) is 0 Å². The summed E-state index contributed by atoms with van der Waals surface area (Å²) in [5.74, 6) is -1.06. The number of benzene rings is 2. The summed E-state index contributed by atoms with van der Waals surface area (Å²) >= 11 is 0. The van der Waals surface area contributed by atoms with E-state index in [9.17, 15) is 14.4 Å². The number of aliphatic carboxylic acids is 1. The molecule has 0 fully saturated rings. The summed E-state index contributed by atoms with van der Waals surface area (Å²) in [4.78, 5) is 34.7. The number of hydrogen-bond donors (Lipinski definition) is 3. The van der Waals surface area contributed by atoms with E-state index >= 15 is 0 Å². The molecular formula is C21H24N2O6. The molecule has 0 aliphatic rings. The van der Waals surface area contributed by atoms with Crippen molar-refractivity contribution in [2.75, 3.05) is 6.54 Å². The molecule has 2 aromatic rings. The van der Waals surface area contributed by atoms with Crippen LogP contribution in [0, 0.1) is 0 Å². The van der Waals surface area contributed by atoms with Crippen LogP contribution < -0.4 is 10.6 Å². The van der Waals surface area contributed by atoms with Gasteiger partial charge in [0.25, 0.3) is 0 Å². The van der Waals surface area contributed by atoms with Gasteiger partial charge in [-0.15, -0.1) is 0 Å². The molecule has 0 spiro atoms. The fourth-order valence-corrected chi connectivity index (χ4v) is 2.49. The van der Waals surface area contributed by atoms with Gasteiger partial charge < -0.3 is 25.2 Å². The van der Waals surface area contributed by atoms with Gasteiger partial charge in [-0.2, -0.15) is 0 Å². The third kappa shape index (κ3) is 9.28. The van der Waals surface area contributed by atoms with Crippen LogP contribution in [0.5, 0.6) is 0 Å². The molecule has 0 aliphatic carbocycles. The van der Waals surface area contributed by atoms with E-state index in [-0.39, 0.29) is 32.6 Å². The number of alkyl carbamates (subject to hydrolysis) is 2. The number of carboxylic acids is 1. The monoisotopic (exact) mass is 400 g/mol. The highest BCUT2D eigenvalue weighted by Crippen LogP contribution is 2.04. The predicted molar refractivity (Wildman–Crippen MR) is 105 cm³/mol. The second-order valence-electron chi connectivity index (χ2n) is 6.28. The van der Waals surface area contributed by atoms with E-state index in [0.717, 1.165) is 11.1 Å². The first-order valence-electron chi connectivity index (χ1n) is 9.16. The second kappa shape index (κ2) is 12.0. The minimum atomic E-state index is -1.06. The molecule has 2 rings (SSSR count). The Morgan fingerprint density at radius 3 is 1.86 bits per heavy atom. The molecule has 0 unspecified atom stereocenters. The Kier molecular flexibility index (Phi) is 9.01. The lowest BCUT2D eigenvalue weighted by Crippen LogP contribution is -2.39. The van der Waals surface area contributed by atoms with Gasteiger partial charge in [0.1, 0.15) is 13.2 Å². The Balaban J connectivity index is 1.70. The summed E-state index contributed by atoms with van der Waals surface area (Å²) in [6, 6.07) is 17.7. The summed E-state index contributed by atoms with van der Waals surface area (Å²) in [6.45, 7) is 0.357. The zero-order valence-corrected chi connectivity index (χ0v) is 15.9. The minimum Gasteiger partial charge on any atom is -0.481 e. The molecule has 3 N–H and O–H groups in total. The van der Waals surface area contributed by atoms with Gasteiger partial charge in [0, 0.05) is 12.6 Å². The van der Waals surface area contributed by atoms with Crippen LogP contribution in [0.2, 0.25) is 0 Å². The highest BCUT2D eigenvalue weighted by Gasteiger charge is 2.17. The Morgan fingerprint density at radius 2 is 1.34 bits per heavy atom. The maximum Gasteiger partial charge on any atom is 0.407 e. The molecule has 0 heterocycles. The first-order valence-corrected chi connectivity index (χ1v) is 9.16. The van der Waals surface area contributed by atoms with Crippen molar-refractivity contribution in [2.45, 2.75) is 32.1 Å². The minimum absolute atomic E-state index is 0.0799. The van der Waals surface area contributed by atoms with Crippen molar-refractivity contribution in [3.8, 4) is 0 Å². The summed E-state index contributed by atoms with van der Waals surface area (Å²) in [7, 11) is 0. The third-order valence-electron chi connectivity index (χ3n) is 3.93. The fourth-order valence-electron chi connectivity index (χ4n) is 2.49. The van der Waals surface area contributed by atoms with E-state index in [1.54, 1.807) is 0 Å². The van der Waals surface area contributed by atoms with Crippen LogP contribution in [0.1, 0.15) is 24.0 Å². The van der Waals surface area contributed by atoms with Crippen molar-refractivity contribution in [3.63, 3.8) is 0 Å². The van der Waals surface area contributed by atoms with Crippen LogP contribution in [0.3, 0.4) is 0 Å². The number of rotatable bonds is 10. The Bertz CT molecular complexity index is 782. The Hall–Kier alpha value is -3.55. The normalized spacial score (nSPS) is 11.2. The molecule has 1 atom stereocenters. The molecule has 8 nitrogen and oxygen atoms in total. The van der Waals surface area contributed by atoms with Crippen LogP contribution in [0.15, 0.2) is 60.7 Å². The number of carboxylic acid groups (broad SMARTS) is 1. The lowest BCUT2D eigenvalue weighted by Gasteiger charge is -2.17. The molecule has 0 radical (unpaired) electrons. The maximum absolute atomic E-state index is 11.9. The number of nitrogens with one attached hydrogen (secondary N) is 2. The lowest BCUT2D eigenvalue weighted by atomic mass is 10.1. The molecule has 8 heteroatoms. The highest BCUT2D eigenvalue weighted by atomic mass is 16.6. The van der Waals surface area contributed by atoms with Gasteiger partial charge in [0.05, 0.1) is 6.42 Å². The summed E-state index contributed by atoms with van der Waals surface area (Å²) in [5, 5.41) is 14.1. The summed E-state index contributed by atoms with van der Waals surface area (Å²) < 4.78 is 10.2. The van der Waals surface area contributed by atoms with E-state index in [1.165, 1.54) is 0 Å². The van der Waals surface area contributed by atoms with E-state index in [2.05, 4.69) is 10.6 Å². The topological polar surface area (TPSA) is 114 Å². The average molecular weight is 400 g/mol. The van der Waals surface area contributed by atoms with Crippen LogP contribution in [-0.4, -0.2) is 35.8 Å². The predicted octanol–water partition coefficient (Wildman–Crippen LogP) is 3.07. The molecule has 29 heavy (non-hydrogen) atoms. The molecule has 2 amide bonds. The van der Waals surface area contributed by atoms with Gasteiger partial charge in [0.15, 0.2) is 0 Å². The molecule has 0 aromatic heterocycles. The molecule has 0 saturated carbocycles. The zero-order chi connectivity index (χ0) is 20.9. The number of hydrogen-bond acceptors (Lipinski definition) is 5. The molecule has 0 bridgehead atoms. The van der Waals surface area contributed by atoms with Crippen LogP contribution in [0.4, 0.5) is 9.59 Å². The maximum atomic E-state index is 11.9. The van der Waals surface area contributed by atoms with Crippen molar-refractivity contribution in [2.24, 2.45) is 0 Å². The van der Waals surface area contributed by atoms with Gasteiger partial charge in [-0.25, -0.2) is 9.59 Å². The Labute approximate surface area is 168 Å². The van der Waals surface area contributed by atoms with Gasteiger partial charge in [-0.3, -0.25) is 4.79 Å². The number of amides is 2. The van der Waals surface area contributed by atoms with Crippen molar-refractivity contribution in [1.82, 2.24) is 10.6 Å².